The molecule has 2 nitrogen and oxygen atoms in total. The van der Waals surface area contributed by atoms with E-state index in [-0.39, 0.29) is 0 Å². The summed E-state index contributed by atoms with van der Waals surface area (Å²) in [6.07, 6.45) is 1.16. The Morgan fingerprint density at radius 2 is 2.38 bits per heavy atom. The third-order valence-corrected chi connectivity index (χ3v) is 2.88. The van der Waals surface area contributed by atoms with Crippen molar-refractivity contribution in [2.45, 2.75) is 25.4 Å². The van der Waals surface area contributed by atoms with Gasteiger partial charge in [-0.3, -0.25) is 0 Å². The zero-order valence-electron chi connectivity index (χ0n) is 4.97. The molecule has 1 aliphatic heterocycles. The quantitative estimate of drug-likeness (QED) is 0.488. The van der Waals surface area contributed by atoms with E-state index in [1.807, 2.05) is 0 Å². The van der Waals surface area contributed by atoms with Crippen LogP contribution >= 0.6 is 22.9 Å². The first-order chi connectivity index (χ1) is 3.70. The molecule has 2 atom stereocenters. The molecule has 1 saturated heterocycles. The van der Waals surface area contributed by atoms with Gasteiger partial charge in [-0.25, -0.2) is 3.11 Å². The topological polar surface area (TPSA) is 29.3 Å². The highest BCUT2D eigenvalue weighted by atomic mass is 127. The van der Waals surface area contributed by atoms with Crippen LogP contribution in [0.5, 0.6) is 0 Å². The van der Waals surface area contributed by atoms with E-state index in [9.17, 15) is 0 Å². The van der Waals surface area contributed by atoms with Gasteiger partial charge in [0, 0.05) is 41.5 Å². The fourth-order valence-corrected chi connectivity index (χ4v) is 1.76. The van der Waals surface area contributed by atoms with E-state index in [1.165, 1.54) is 0 Å². The molecule has 0 aromatic heterocycles. The highest BCUT2D eigenvalue weighted by molar-refractivity contribution is 14.1. The zero-order chi connectivity index (χ0) is 6.15. The predicted molar refractivity (Wildman–Crippen MR) is 42.8 cm³/mol. The first-order valence-electron chi connectivity index (χ1n) is 2.88. The maximum absolute atomic E-state index is 5.67. The molecule has 0 bridgehead atoms. The van der Waals surface area contributed by atoms with Crippen molar-refractivity contribution in [1.82, 2.24) is 3.11 Å². The van der Waals surface area contributed by atoms with Crippen molar-refractivity contribution in [2.24, 2.45) is 5.73 Å². The van der Waals surface area contributed by atoms with Crippen LogP contribution in [0, 0.1) is 0 Å². The number of rotatable bonds is 0. The second-order valence-corrected chi connectivity index (χ2v) is 3.67. The monoisotopic (exact) mass is 226 g/mol. The molecule has 1 heterocycles. The minimum atomic E-state index is 0.418. The van der Waals surface area contributed by atoms with E-state index >= 15 is 0 Å². The molecule has 0 aromatic rings. The molecule has 0 unspecified atom stereocenters. The van der Waals surface area contributed by atoms with Crippen LogP contribution in [-0.2, 0) is 0 Å². The van der Waals surface area contributed by atoms with E-state index in [1.54, 1.807) is 0 Å². The van der Waals surface area contributed by atoms with Crippen LogP contribution in [0.3, 0.4) is 0 Å². The molecule has 0 saturated carbocycles. The molecule has 3 heteroatoms. The van der Waals surface area contributed by atoms with Crippen molar-refractivity contribution in [2.75, 3.05) is 6.54 Å². The van der Waals surface area contributed by atoms with E-state index < -0.39 is 0 Å². The fourth-order valence-electron chi connectivity index (χ4n) is 1.03. The van der Waals surface area contributed by atoms with Crippen LogP contribution in [0.1, 0.15) is 13.3 Å². The summed E-state index contributed by atoms with van der Waals surface area (Å²) in [5.74, 6) is 0. The van der Waals surface area contributed by atoms with Crippen LogP contribution < -0.4 is 5.73 Å². The molecule has 0 amide bonds. The Kier molecular flexibility index (Phi) is 2.11. The number of nitrogens with zero attached hydrogens (tertiary/aromatic N) is 1. The Morgan fingerprint density at radius 1 is 1.75 bits per heavy atom. The molecule has 0 spiro atoms. The first kappa shape index (κ1) is 6.77. The summed E-state index contributed by atoms with van der Waals surface area (Å²) < 4.78 is 2.27. The Balaban J connectivity index is 2.39. The summed E-state index contributed by atoms with van der Waals surface area (Å²) in [6.45, 7) is 3.26. The minimum Gasteiger partial charge on any atom is -0.326 e. The van der Waals surface area contributed by atoms with E-state index in [2.05, 4.69) is 32.9 Å². The summed E-state index contributed by atoms with van der Waals surface area (Å²) in [4.78, 5) is 0. The Hall–Kier alpha value is 0.650. The lowest BCUT2D eigenvalue weighted by Crippen LogP contribution is -2.21. The van der Waals surface area contributed by atoms with Crippen molar-refractivity contribution in [3.05, 3.63) is 0 Å². The smallest absolute Gasteiger partial charge is 0.0236 e. The lowest BCUT2D eigenvalue weighted by molar-refractivity contribution is 0.504. The summed E-state index contributed by atoms with van der Waals surface area (Å²) in [5, 5.41) is 0. The molecule has 0 radical (unpaired) electrons. The van der Waals surface area contributed by atoms with Crippen LogP contribution in [0.25, 0.3) is 0 Å². The fraction of sp³-hybridized carbons (Fsp3) is 1.00. The molecular weight excluding hydrogens is 215 g/mol. The zero-order valence-corrected chi connectivity index (χ0v) is 7.13. The van der Waals surface area contributed by atoms with Crippen molar-refractivity contribution in [3.8, 4) is 0 Å². The van der Waals surface area contributed by atoms with Gasteiger partial charge in [-0.05, 0) is 13.3 Å². The maximum atomic E-state index is 5.67. The third kappa shape index (κ3) is 1.33. The van der Waals surface area contributed by atoms with E-state index in [0.717, 1.165) is 13.0 Å². The Morgan fingerprint density at radius 3 is 2.50 bits per heavy atom. The lowest BCUT2D eigenvalue weighted by atomic mass is 10.2. The van der Waals surface area contributed by atoms with E-state index in [4.69, 9.17) is 5.73 Å². The second kappa shape index (κ2) is 2.49. The number of hydrogen-bond donors (Lipinski definition) is 1. The average Bonchev–Trinajstić information content (AvgIpc) is 1.85. The van der Waals surface area contributed by atoms with Gasteiger partial charge in [-0.15, -0.1) is 0 Å². The largest absolute Gasteiger partial charge is 0.326 e. The van der Waals surface area contributed by atoms with Gasteiger partial charge in [-0.1, -0.05) is 0 Å². The Bertz CT molecular complexity index is 76.5. The van der Waals surface area contributed by atoms with Gasteiger partial charge < -0.3 is 5.73 Å². The van der Waals surface area contributed by atoms with Gasteiger partial charge in [0.2, 0.25) is 0 Å². The van der Waals surface area contributed by atoms with Gasteiger partial charge >= 0.3 is 0 Å². The predicted octanol–water partition coefficient (Wildman–Crippen LogP) is 0.758. The molecule has 1 rings (SSSR count). The number of halogens is 1. The summed E-state index contributed by atoms with van der Waals surface area (Å²) in [7, 11) is 0. The lowest BCUT2D eigenvalue weighted by Gasteiger charge is -2.08. The highest BCUT2D eigenvalue weighted by Crippen LogP contribution is 2.19. The van der Waals surface area contributed by atoms with Crippen LogP contribution in [0.4, 0.5) is 0 Å². The average molecular weight is 226 g/mol. The highest BCUT2D eigenvalue weighted by Gasteiger charge is 2.23. The van der Waals surface area contributed by atoms with E-state index in [0.29, 0.717) is 12.1 Å². The molecule has 2 N–H and O–H groups in total. The molecule has 0 aromatic carbocycles. The van der Waals surface area contributed by atoms with Gasteiger partial charge in [0.15, 0.2) is 0 Å². The Labute approximate surface area is 63.9 Å². The molecule has 8 heavy (non-hydrogen) atoms. The van der Waals surface area contributed by atoms with Crippen LogP contribution in [0.2, 0.25) is 0 Å². The molecule has 48 valence electrons. The second-order valence-electron chi connectivity index (χ2n) is 2.43. The van der Waals surface area contributed by atoms with Crippen LogP contribution in [-0.4, -0.2) is 21.7 Å². The normalized spacial score (nSPS) is 40.9. The summed E-state index contributed by atoms with van der Waals surface area (Å²) in [6, 6.07) is 1.10. The maximum Gasteiger partial charge on any atom is 0.0236 e. The standard InChI is InChI=1S/C5H11IN2/c1-4-2-5(7)3-8(4)6/h4-5H,2-3,7H2,1H3/t4-,5+/m0/s1. The molecule has 1 aliphatic rings. The molecule has 0 aliphatic carbocycles. The summed E-state index contributed by atoms with van der Waals surface area (Å²) in [5.41, 5.74) is 5.67. The van der Waals surface area contributed by atoms with Crippen LogP contribution in [0.15, 0.2) is 0 Å². The minimum absolute atomic E-state index is 0.418. The van der Waals surface area contributed by atoms with Crippen molar-refractivity contribution in [1.29, 1.82) is 0 Å². The van der Waals surface area contributed by atoms with Crippen molar-refractivity contribution < 1.29 is 0 Å². The van der Waals surface area contributed by atoms with Crippen molar-refractivity contribution >= 4 is 22.9 Å². The van der Waals surface area contributed by atoms with Gasteiger partial charge in [0.05, 0.1) is 0 Å². The molecular formula is C5H11IN2. The van der Waals surface area contributed by atoms with Gasteiger partial charge in [0.25, 0.3) is 0 Å². The first-order valence-corrected chi connectivity index (χ1v) is 3.84. The number of nitrogens with two attached hydrogens (primary N) is 1. The summed E-state index contributed by atoms with van der Waals surface area (Å²) >= 11 is 2.33. The SMILES string of the molecule is C[C@H]1C[C@@H](N)CN1I. The van der Waals surface area contributed by atoms with Gasteiger partial charge in [-0.2, -0.15) is 0 Å². The molecule has 1 fully saturated rings. The number of hydrogen-bond acceptors (Lipinski definition) is 2. The van der Waals surface area contributed by atoms with Crippen molar-refractivity contribution in [3.63, 3.8) is 0 Å². The third-order valence-electron chi connectivity index (χ3n) is 1.53. The van der Waals surface area contributed by atoms with Gasteiger partial charge in [0.1, 0.15) is 0 Å².